The number of carbonyl (C=O) groups excluding carboxylic acids is 1. The summed E-state index contributed by atoms with van der Waals surface area (Å²) in [5.74, 6) is -0.932. The monoisotopic (exact) mass is 256 g/mol. The van der Waals surface area contributed by atoms with Crippen LogP contribution in [0.15, 0.2) is 0 Å². The van der Waals surface area contributed by atoms with E-state index in [1.165, 1.54) is 0 Å². The van der Waals surface area contributed by atoms with E-state index in [-0.39, 0.29) is 12.5 Å². The van der Waals surface area contributed by atoms with Crippen LogP contribution in [0.2, 0.25) is 0 Å². The van der Waals surface area contributed by atoms with Gasteiger partial charge in [-0.05, 0) is 33.2 Å². The Balaban J connectivity index is 2.58. The maximum atomic E-state index is 12.0. The molecule has 0 aliphatic heterocycles. The third-order valence-corrected chi connectivity index (χ3v) is 3.79. The fourth-order valence-corrected chi connectivity index (χ4v) is 2.51. The molecule has 0 heterocycles. The van der Waals surface area contributed by atoms with Gasteiger partial charge in [0, 0.05) is 6.54 Å². The van der Waals surface area contributed by atoms with E-state index >= 15 is 0 Å². The van der Waals surface area contributed by atoms with Gasteiger partial charge in [0.1, 0.15) is 0 Å². The zero-order valence-corrected chi connectivity index (χ0v) is 11.5. The molecule has 0 aromatic heterocycles. The number of amides is 1. The third-order valence-electron chi connectivity index (χ3n) is 3.79. The molecule has 0 aromatic carbocycles. The van der Waals surface area contributed by atoms with E-state index < -0.39 is 16.9 Å². The lowest BCUT2D eigenvalue weighted by Crippen LogP contribution is -2.55. The quantitative estimate of drug-likeness (QED) is 0.666. The van der Waals surface area contributed by atoms with Gasteiger partial charge in [-0.2, -0.15) is 0 Å². The van der Waals surface area contributed by atoms with Crippen LogP contribution in [0.25, 0.3) is 0 Å². The Bertz CT molecular complexity index is 320. The van der Waals surface area contributed by atoms with Crippen molar-refractivity contribution in [3.05, 3.63) is 0 Å². The van der Waals surface area contributed by atoms with Crippen LogP contribution in [-0.2, 0) is 9.59 Å². The van der Waals surface area contributed by atoms with Crippen LogP contribution in [0.3, 0.4) is 0 Å². The molecule has 0 bridgehead atoms. The Morgan fingerprint density at radius 2 is 1.83 bits per heavy atom. The van der Waals surface area contributed by atoms with Crippen molar-refractivity contribution >= 4 is 11.9 Å². The Morgan fingerprint density at radius 1 is 1.28 bits per heavy atom. The average Bonchev–Trinajstić information content (AvgIpc) is 2.75. The number of carboxylic acid groups (broad SMARTS) is 1. The van der Waals surface area contributed by atoms with Crippen LogP contribution in [0.4, 0.5) is 0 Å². The van der Waals surface area contributed by atoms with Crippen molar-refractivity contribution in [3.8, 4) is 0 Å². The summed E-state index contributed by atoms with van der Waals surface area (Å²) in [7, 11) is 0. The number of carbonyl (C=O) groups is 2. The van der Waals surface area contributed by atoms with Gasteiger partial charge in [0.05, 0.1) is 11.0 Å². The van der Waals surface area contributed by atoms with Crippen LogP contribution in [-0.4, -0.2) is 35.6 Å². The van der Waals surface area contributed by atoms with E-state index in [2.05, 4.69) is 10.6 Å². The van der Waals surface area contributed by atoms with Crippen molar-refractivity contribution in [1.29, 1.82) is 0 Å². The SMILES string of the molecule is CCNC(C)(C)C(=O)NCC1(C(=O)O)CCCC1. The molecule has 0 unspecified atom stereocenters. The zero-order chi connectivity index (χ0) is 13.8. The van der Waals surface area contributed by atoms with E-state index in [1.807, 2.05) is 6.92 Å². The summed E-state index contributed by atoms with van der Waals surface area (Å²) in [5.41, 5.74) is -1.41. The van der Waals surface area contributed by atoms with Gasteiger partial charge < -0.3 is 15.7 Å². The highest BCUT2D eigenvalue weighted by Crippen LogP contribution is 2.37. The van der Waals surface area contributed by atoms with E-state index in [9.17, 15) is 14.7 Å². The fourth-order valence-electron chi connectivity index (χ4n) is 2.51. The first kappa shape index (κ1) is 15.0. The molecule has 1 aliphatic carbocycles. The first-order valence-electron chi connectivity index (χ1n) is 6.61. The number of aliphatic carboxylic acids is 1. The molecule has 3 N–H and O–H groups in total. The van der Waals surface area contributed by atoms with Gasteiger partial charge in [-0.15, -0.1) is 0 Å². The lowest BCUT2D eigenvalue weighted by atomic mass is 9.86. The first-order chi connectivity index (χ1) is 8.34. The summed E-state index contributed by atoms with van der Waals surface area (Å²) >= 11 is 0. The number of hydrogen-bond donors (Lipinski definition) is 3. The van der Waals surface area contributed by atoms with E-state index in [0.29, 0.717) is 19.4 Å². The lowest BCUT2D eigenvalue weighted by Gasteiger charge is -2.29. The molecule has 0 spiro atoms. The molecule has 5 nitrogen and oxygen atoms in total. The number of rotatable bonds is 6. The van der Waals surface area contributed by atoms with Crippen LogP contribution in [0.5, 0.6) is 0 Å². The second-order valence-corrected chi connectivity index (χ2v) is 5.63. The summed E-state index contributed by atoms with van der Waals surface area (Å²) in [6.45, 7) is 6.47. The second-order valence-electron chi connectivity index (χ2n) is 5.63. The Hall–Kier alpha value is -1.10. The van der Waals surface area contributed by atoms with Crippen LogP contribution >= 0.6 is 0 Å². The van der Waals surface area contributed by atoms with Crippen molar-refractivity contribution in [2.75, 3.05) is 13.1 Å². The van der Waals surface area contributed by atoms with Gasteiger partial charge in [-0.3, -0.25) is 9.59 Å². The predicted molar refractivity (Wildman–Crippen MR) is 69.3 cm³/mol. The van der Waals surface area contributed by atoms with Gasteiger partial charge in [0.25, 0.3) is 0 Å². The van der Waals surface area contributed by atoms with Gasteiger partial charge in [-0.1, -0.05) is 19.8 Å². The lowest BCUT2D eigenvalue weighted by molar-refractivity contribution is -0.148. The number of likely N-dealkylation sites (N-methyl/N-ethyl adjacent to an activating group) is 1. The van der Waals surface area contributed by atoms with Crippen molar-refractivity contribution < 1.29 is 14.7 Å². The van der Waals surface area contributed by atoms with Gasteiger partial charge in [-0.25, -0.2) is 0 Å². The summed E-state index contributed by atoms with van der Waals surface area (Å²) in [6, 6.07) is 0. The average molecular weight is 256 g/mol. The van der Waals surface area contributed by atoms with Crippen molar-refractivity contribution in [3.63, 3.8) is 0 Å². The smallest absolute Gasteiger partial charge is 0.311 e. The number of hydrogen-bond acceptors (Lipinski definition) is 3. The number of carboxylic acids is 1. The normalized spacial score (nSPS) is 18.6. The van der Waals surface area contributed by atoms with Crippen LogP contribution < -0.4 is 10.6 Å². The van der Waals surface area contributed by atoms with Gasteiger partial charge >= 0.3 is 5.97 Å². The zero-order valence-electron chi connectivity index (χ0n) is 11.5. The highest BCUT2D eigenvalue weighted by Gasteiger charge is 2.42. The maximum Gasteiger partial charge on any atom is 0.311 e. The third kappa shape index (κ3) is 3.22. The van der Waals surface area contributed by atoms with E-state index in [4.69, 9.17) is 0 Å². The molecule has 5 heteroatoms. The predicted octanol–water partition coefficient (Wildman–Crippen LogP) is 1.14. The standard InChI is InChI=1S/C13H24N2O3/c1-4-15-12(2,3)10(16)14-9-13(11(17)18)7-5-6-8-13/h15H,4-9H2,1-3H3,(H,14,16)(H,17,18). The topological polar surface area (TPSA) is 78.4 Å². The Labute approximate surface area is 108 Å². The summed E-state index contributed by atoms with van der Waals surface area (Å²) in [5, 5.41) is 15.2. The summed E-state index contributed by atoms with van der Waals surface area (Å²) in [4.78, 5) is 23.4. The number of nitrogens with one attached hydrogen (secondary N) is 2. The first-order valence-corrected chi connectivity index (χ1v) is 6.61. The van der Waals surface area contributed by atoms with Crippen LogP contribution in [0, 0.1) is 5.41 Å². The van der Waals surface area contributed by atoms with Crippen molar-refractivity contribution in [2.24, 2.45) is 5.41 Å². The molecule has 0 atom stereocenters. The molecule has 1 fully saturated rings. The minimum atomic E-state index is -0.790. The molecule has 0 saturated heterocycles. The fraction of sp³-hybridized carbons (Fsp3) is 0.846. The van der Waals surface area contributed by atoms with Gasteiger partial charge in [0.15, 0.2) is 0 Å². The van der Waals surface area contributed by atoms with Gasteiger partial charge in [0.2, 0.25) is 5.91 Å². The molecule has 18 heavy (non-hydrogen) atoms. The Kier molecular flexibility index (Phi) is 4.73. The molecule has 1 saturated carbocycles. The minimum Gasteiger partial charge on any atom is -0.481 e. The molecule has 0 radical (unpaired) electrons. The van der Waals surface area contributed by atoms with E-state index in [1.54, 1.807) is 13.8 Å². The second kappa shape index (κ2) is 5.69. The summed E-state index contributed by atoms with van der Waals surface area (Å²) < 4.78 is 0. The summed E-state index contributed by atoms with van der Waals surface area (Å²) in [6.07, 6.45) is 3.17. The van der Waals surface area contributed by atoms with Crippen molar-refractivity contribution in [1.82, 2.24) is 10.6 Å². The highest BCUT2D eigenvalue weighted by molar-refractivity contribution is 5.86. The maximum absolute atomic E-state index is 12.0. The molecule has 1 rings (SSSR count). The molecular formula is C13H24N2O3. The Morgan fingerprint density at radius 3 is 2.28 bits per heavy atom. The van der Waals surface area contributed by atoms with E-state index in [0.717, 1.165) is 12.8 Å². The molecule has 104 valence electrons. The molecule has 1 aliphatic rings. The largest absolute Gasteiger partial charge is 0.481 e. The molecular weight excluding hydrogens is 232 g/mol. The van der Waals surface area contributed by atoms with Crippen molar-refractivity contribution in [2.45, 2.75) is 52.0 Å². The minimum absolute atomic E-state index is 0.142. The molecule has 1 amide bonds. The molecule has 0 aromatic rings. The van der Waals surface area contributed by atoms with Crippen LogP contribution in [0.1, 0.15) is 46.5 Å². The highest BCUT2D eigenvalue weighted by atomic mass is 16.4.